The van der Waals surface area contributed by atoms with Crippen molar-refractivity contribution in [1.82, 2.24) is 15.0 Å². The van der Waals surface area contributed by atoms with Crippen molar-refractivity contribution in [2.45, 2.75) is 42.9 Å². The Labute approximate surface area is 115 Å². The SMILES string of the molecule is CCCCCCn1nnc(C#N)c1C(Cl)(Cl)Cl. The standard InChI is InChI=1S/C10H13Cl3N4/c1-2-3-4-5-6-17-9(10(11,12)13)8(7-14)15-16-17/h2-6H2,1H3. The van der Waals surface area contributed by atoms with Crippen LogP contribution in [0.4, 0.5) is 0 Å². The van der Waals surface area contributed by atoms with Crippen LogP contribution < -0.4 is 0 Å². The zero-order valence-corrected chi connectivity index (χ0v) is 11.7. The van der Waals surface area contributed by atoms with Gasteiger partial charge in [-0.3, -0.25) is 0 Å². The zero-order chi connectivity index (χ0) is 12.9. The van der Waals surface area contributed by atoms with Crippen molar-refractivity contribution in [3.63, 3.8) is 0 Å². The van der Waals surface area contributed by atoms with E-state index in [1.54, 1.807) is 0 Å². The number of nitrogens with zero attached hydrogens (tertiary/aromatic N) is 4. The minimum absolute atomic E-state index is 0.0699. The minimum Gasteiger partial charge on any atom is -0.244 e. The summed E-state index contributed by atoms with van der Waals surface area (Å²) in [6, 6.07) is 1.88. The van der Waals surface area contributed by atoms with Gasteiger partial charge in [-0.05, 0) is 6.42 Å². The van der Waals surface area contributed by atoms with E-state index >= 15 is 0 Å². The predicted molar refractivity (Wildman–Crippen MR) is 68.1 cm³/mol. The van der Waals surface area contributed by atoms with Crippen LogP contribution in [0.15, 0.2) is 0 Å². The van der Waals surface area contributed by atoms with Crippen LogP contribution in [0, 0.1) is 11.3 Å². The normalized spacial score (nSPS) is 11.5. The molecule has 0 bridgehead atoms. The Morgan fingerprint density at radius 2 is 2.00 bits per heavy atom. The van der Waals surface area contributed by atoms with E-state index in [0.29, 0.717) is 6.54 Å². The predicted octanol–water partition coefficient (Wildman–Crippen LogP) is 3.56. The number of halogens is 3. The molecule has 0 aliphatic carbocycles. The molecule has 0 saturated heterocycles. The van der Waals surface area contributed by atoms with Crippen molar-refractivity contribution in [3.05, 3.63) is 11.4 Å². The van der Waals surface area contributed by atoms with Gasteiger partial charge >= 0.3 is 0 Å². The molecular weight excluding hydrogens is 282 g/mol. The first-order valence-corrected chi connectivity index (χ1v) is 6.54. The smallest absolute Gasteiger partial charge is 0.235 e. The molecule has 1 aromatic rings. The summed E-state index contributed by atoms with van der Waals surface area (Å²) in [5, 5.41) is 16.4. The first kappa shape index (κ1) is 14.6. The van der Waals surface area contributed by atoms with Gasteiger partial charge in [0.05, 0.1) is 0 Å². The fraction of sp³-hybridized carbons (Fsp3) is 0.700. The van der Waals surface area contributed by atoms with Gasteiger partial charge in [0, 0.05) is 6.54 Å². The van der Waals surface area contributed by atoms with Crippen LogP contribution in [0.5, 0.6) is 0 Å². The fourth-order valence-electron chi connectivity index (χ4n) is 1.51. The molecule has 0 saturated carbocycles. The van der Waals surface area contributed by atoms with E-state index in [0.717, 1.165) is 25.7 Å². The molecule has 0 N–H and O–H groups in total. The number of aromatic nitrogens is 3. The molecule has 0 unspecified atom stereocenters. The summed E-state index contributed by atoms with van der Waals surface area (Å²) in [7, 11) is 0. The summed E-state index contributed by atoms with van der Waals surface area (Å²) in [6.45, 7) is 2.74. The van der Waals surface area contributed by atoms with Crippen molar-refractivity contribution in [2.24, 2.45) is 0 Å². The lowest BCUT2D eigenvalue weighted by molar-refractivity contribution is 0.514. The van der Waals surface area contributed by atoms with Gasteiger partial charge < -0.3 is 0 Å². The van der Waals surface area contributed by atoms with E-state index in [-0.39, 0.29) is 11.4 Å². The average molecular weight is 296 g/mol. The van der Waals surface area contributed by atoms with Crippen LogP contribution >= 0.6 is 34.8 Å². The van der Waals surface area contributed by atoms with Gasteiger partial charge in [0.2, 0.25) is 3.79 Å². The molecule has 0 aliphatic rings. The van der Waals surface area contributed by atoms with Gasteiger partial charge in [0.15, 0.2) is 5.69 Å². The Kier molecular flexibility index (Phi) is 5.51. The van der Waals surface area contributed by atoms with Gasteiger partial charge in [-0.15, -0.1) is 5.10 Å². The number of hydrogen-bond acceptors (Lipinski definition) is 3. The number of nitriles is 1. The summed E-state index contributed by atoms with van der Waals surface area (Å²) < 4.78 is -0.166. The van der Waals surface area contributed by atoms with E-state index < -0.39 is 3.79 Å². The van der Waals surface area contributed by atoms with E-state index in [1.807, 2.05) is 6.07 Å². The number of rotatable bonds is 5. The summed E-state index contributed by atoms with van der Waals surface area (Å²) in [6.07, 6.45) is 4.31. The highest BCUT2D eigenvalue weighted by Crippen LogP contribution is 2.39. The van der Waals surface area contributed by atoms with E-state index in [2.05, 4.69) is 17.2 Å². The summed E-state index contributed by atoms with van der Waals surface area (Å²) in [4.78, 5) is 0. The molecular formula is C10H13Cl3N4. The van der Waals surface area contributed by atoms with Gasteiger partial charge in [-0.1, -0.05) is 66.2 Å². The maximum atomic E-state index is 8.86. The fourth-order valence-corrected chi connectivity index (χ4v) is 2.07. The molecule has 0 radical (unpaired) electrons. The van der Waals surface area contributed by atoms with Crippen LogP contribution in [0.25, 0.3) is 0 Å². The lowest BCUT2D eigenvalue weighted by atomic mass is 10.2. The number of hydrogen-bond donors (Lipinski definition) is 0. The van der Waals surface area contributed by atoms with Crippen LogP contribution in [0.2, 0.25) is 0 Å². The van der Waals surface area contributed by atoms with Crippen LogP contribution in [-0.2, 0) is 10.3 Å². The molecule has 7 heteroatoms. The molecule has 0 fully saturated rings. The number of alkyl halides is 3. The van der Waals surface area contributed by atoms with Crippen molar-refractivity contribution < 1.29 is 0 Å². The third kappa shape index (κ3) is 4.02. The van der Waals surface area contributed by atoms with E-state index in [4.69, 9.17) is 40.1 Å². The molecule has 1 heterocycles. The van der Waals surface area contributed by atoms with Crippen LogP contribution in [0.1, 0.15) is 44.0 Å². The van der Waals surface area contributed by atoms with Crippen molar-refractivity contribution in [2.75, 3.05) is 0 Å². The van der Waals surface area contributed by atoms with E-state index in [9.17, 15) is 0 Å². The monoisotopic (exact) mass is 294 g/mol. The second-order valence-corrected chi connectivity index (χ2v) is 5.96. The third-order valence-corrected chi connectivity index (χ3v) is 2.87. The highest BCUT2D eigenvalue weighted by atomic mass is 35.6. The minimum atomic E-state index is -1.67. The molecule has 4 nitrogen and oxygen atoms in total. The van der Waals surface area contributed by atoms with Gasteiger partial charge in [0.1, 0.15) is 11.8 Å². The summed E-state index contributed by atoms with van der Waals surface area (Å²) in [5.74, 6) is 0. The highest BCUT2D eigenvalue weighted by molar-refractivity contribution is 6.66. The van der Waals surface area contributed by atoms with Crippen LogP contribution in [-0.4, -0.2) is 15.0 Å². The molecule has 94 valence electrons. The topological polar surface area (TPSA) is 54.5 Å². The van der Waals surface area contributed by atoms with Crippen LogP contribution in [0.3, 0.4) is 0 Å². The molecule has 0 amide bonds. The Hall–Kier alpha value is -0.500. The molecule has 0 spiro atoms. The molecule has 0 aliphatic heterocycles. The quantitative estimate of drug-likeness (QED) is 0.616. The zero-order valence-electron chi connectivity index (χ0n) is 9.46. The Morgan fingerprint density at radius 1 is 1.29 bits per heavy atom. The third-order valence-electron chi connectivity index (χ3n) is 2.33. The Bertz CT molecular complexity index is 403. The van der Waals surface area contributed by atoms with Gasteiger partial charge in [0.25, 0.3) is 0 Å². The summed E-state index contributed by atoms with van der Waals surface area (Å²) >= 11 is 17.4. The number of unbranched alkanes of at least 4 members (excludes halogenated alkanes) is 3. The van der Waals surface area contributed by atoms with Gasteiger partial charge in [-0.2, -0.15) is 5.26 Å². The highest BCUT2D eigenvalue weighted by Gasteiger charge is 2.32. The lowest BCUT2D eigenvalue weighted by Gasteiger charge is -2.12. The van der Waals surface area contributed by atoms with Crippen molar-refractivity contribution in [3.8, 4) is 6.07 Å². The second kappa shape index (κ2) is 6.44. The first-order valence-electron chi connectivity index (χ1n) is 5.41. The largest absolute Gasteiger partial charge is 0.244 e. The van der Waals surface area contributed by atoms with Crippen molar-refractivity contribution >= 4 is 34.8 Å². The molecule has 0 atom stereocenters. The Balaban J connectivity index is 2.79. The molecule has 0 aromatic carbocycles. The maximum absolute atomic E-state index is 8.86. The second-order valence-electron chi connectivity index (χ2n) is 3.68. The molecule has 17 heavy (non-hydrogen) atoms. The molecule has 1 aromatic heterocycles. The molecule has 1 rings (SSSR count). The van der Waals surface area contributed by atoms with E-state index in [1.165, 1.54) is 4.68 Å². The average Bonchev–Trinajstić information content (AvgIpc) is 2.67. The summed E-state index contributed by atoms with van der Waals surface area (Å²) in [5.41, 5.74) is 0.321. The maximum Gasteiger partial charge on any atom is 0.235 e. The number of aryl methyl sites for hydroxylation is 1. The Morgan fingerprint density at radius 3 is 2.53 bits per heavy atom. The first-order chi connectivity index (χ1) is 8.00. The lowest BCUT2D eigenvalue weighted by Crippen LogP contribution is -2.13. The van der Waals surface area contributed by atoms with Gasteiger partial charge in [-0.25, -0.2) is 4.68 Å². The van der Waals surface area contributed by atoms with Crippen molar-refractivity contribution in [1.29, 1.82) is 5.26 Å².